The van der Waals surface area contributed by atoms with E-state index in [1.165, 1.54) is 36.0 Å². The summed E-state index contributed by atoms with van der Waals surface area (Å²) in [6.45, 7) is 0.912. The normalized spacial score (nSPS) is 22.1. The Morgan fingerprint density at radius 2 is 1.48 bits per heavy atom. The fourth-order valence-corrected chi connectivity index (χ4v) is 3.90. The van der Waals surface area contributed by atoms with E-state index in [-0.39, 0.29) is 5.22 Å². The Balaban J connectivity index is 1.63. The van der Waals surface area contributed by atoms with E-state index in [1.54, 1.807) is 0 Å². The average Bonchev–Trinajstić information content (AvgIpc) is 2.61. The molecule has 0 aromatic heterocycles. The molecular formula is C21H24OSi. The zero-order valence-corrected chi connectivity index (χ0v) is 15.7. The zero-order chi connectivity index (χ0) is 16.0. The largest absolute Gasteiger partial charge is 0.375 e. The first-order chi connectivity index (χ1) is 11.3. The van der Waals surface area contributed by atoms with Gasteiger partial charge in [0.2, 0.25) is 0 Å². The van der Waals surface area contributed by atoms with E-state index < -0.39 is 0 Å². The summed E-state index contributed by atoms with van der Waals surface area (Å²) in [5, 5.41) is 0.0354. The molecule has 118 valence electrons. The molecule has 0 saturated carbocycles. The van der Waals surface area contributed by atoms with Crippen LogP contribution in [0, 0.1) is 0 Å². The van der Waals surface area contributed by atoms with Gasteiger partial charge in [-0.2, -0.15) is 0 Å². The van der Waals surface area contributed by atoms with Crippen molar-refractivity contribution >= 4 is 22.4 Å². The standard InChI is InChI=1S/C21H24OSi/c23-21(16-6-7-17-22-21)20-14-12-19(13-15-20)11-5-4-10-18-8-2-1-3-9-18/h1-5,8-15H,6-7,16-17H2,23H3. The Bertz CT molecular complexity index is 665. The van der Waals surface area contributed by atoms with Crippen LogP contribution < -0.4 is 0 Å². The van der Waals surface area contributed by atoms with Crippen LogP contribution in [-0.4, -0.2) is 16.8 Å². The molecule has 0 spiro atoms. The summed E-state index contributed by atoms with van der Waals surface area (Å²) < 4.78 is 6.07. The molecule has 1 aliphatic heterocycles. The van der Waals surface area contributed by atoms with Crippen molar-refractivity contribution in [2.45, 2.75) is 24.5 Å². The van der Waals surface area contributed by atoms with Crippen LogP contribution in [0.5, 0.6) is 0 Å². The van der Waals surface area contributed by atoms with E-state index in [4.69, 9.17) is 4.74 Å². The van der Waals surface area contributed by atoms with Crippen molar-refractivity contribution in [2.75, 3.05) is 6.61 Å². The highest BCUT2D eigenvalue weighted by atomic mass is 28.1. The maximum atomic E-state index is 6.07. The summed E-state index contributed by atoms with van der Waals surface area (Å²) in [6, 6.07) is 19.2. The van der Waals surface area contributed by atoms with Gasteiger partial charge < -0.3 is 4.74 Å². The maximum Gasteiger partial charge on any atom is 0.0723 e. The third-order valence-electron chi connectivity index (χ3n) is 4.48. The predicted octanol–water partition coefficient (Wildman–Crippen LogP) is 4.13. The summed E-state index contributed by atoms with van der Waals surface area (Å²) in [4.78, 5) is 0. The van der Waals surface area contributed by atoms with Crippen LogP contribution in [0.15, 0.2) is 66.7 Å². The number of hydrogen-bond donors (Lipinski definition) is 0. The SMILES string of the molecule is [SiH3]C1(c2ccc(C=CC=Cc3ccccc3)cc2)CCCCO1. The second-order valence-corrected chi connectivity index (χ2v) is 7.90. The van der Waals surface area contributed by atoms with Crippen molar-refractivity contribution < 1.29 is 4.74 Å². The lowest BCUT2D eigenvalue weighted by molar-refractivity contribution is -0.0210. The van der Waals surface area contributed by atoms with Gasteiger partial charge in [-0.3, -0.25) is 0 Å². The molecule has 0 aliphatic carbocycles. The molecule has 1 heterocycles. The molecule has 1 saturated heterocycles. The van der Waals surface area contributed by atoms with Gasteiger partial charge >= 0.3 is 0 Å². The summed E-state index contributed by atoms with van der Waals surface area (Å²) in [6.07, 6.45) is 12.1. The number of rotatable bonds is 4. The number of hydrogen-bond acceptors (Lipinski definition) is 1. The van der Waals surface area contributed by atoms with Crippen LogP contribution in [-0.2, 0) is 9.96 Å². The van der Waals surface area contributed by atoms with Crippen LogP contribution in [0.2, 0.25) is 0 Å². The van der Waals surface area contributed by atoms with Crippen molar-refractivity contribution in [2.24, 2.45) is 0 Å². The topological polar surface area (TPSA) is 9.23 Å². The average molecular weight is 321 g/mol. The van der Waals surface area contributed by atoms with Gasteiger partial charge in [0.25, 0.3) is 0 Å². The molecule has 1 fully saturated rings. The molecule has 0 N–H and O–H groups in total. The molecule has 2 aromatic carbocycles. The molecule has 1 nitrogen and oxygen atoms in total. The van der Waals surface area contributed by atoms with E-state index in [0.29, 0.717) is 0 Å². The maximum absolute atomic E-state index is 6.07. The van der Waals surface area contributed by atoms with Crippen molar-refractivity contribution in [1.82, 2.24) is 0 Å². The lowest BCUT2D eigenvalue weighted by atomic mass is 9.99. The van der Waals surface area contributed by atoms with Crippen LogP contribution in [0.3, 0.4) is 0 Å². The lowest BCUT2D eigenvalue weighted by Gasteiger charge is -2.34. The number of ether oxygens (including phenoxy) is 1. The minimum absolute atomic E-state index is 0.0354. The molecule has 0 amide bonds. The Kier molecular flexibility index (Phi) is 5.26. The Hall–Kier alpha value is -1.90. The molecule has 3 rings (SSSR count). The van der Waals surface area contributed by atoms with E-state index in [1.807, 2.05) is 6.07 Å². The first kappa shape index (κ1) is 16.0. The molecule has 2 aromatic rings. The predicted molar refractivity (Wildman–Crippen MR) is 102 cm³/mol. The van der Waals surface area contributed by atoms with Gasteiger partial charge in [0.15, 0.2) is 0 Å². The van der Waals surface area contributed by atoms with Crippen LogP contribution in [0.4, 0.5) is 0 Å². The van der Waals surface area contributed by atoms with Crippen LogP contribution in [0.25, 0.3) is 12.2 Å². The highest BCUT2D eigenvalue weighted by Gasteiger charge is 2.29. The van der Waals surface area contributed by atoms with Gasteiger partial charge in [0.05, 0.1) is 5.22 Å². The van der Waals surface area contributed by atoms with Crippen molar-refractivity contribution in [3.05, 3.63) is 83.4 Å². The van der Waals surface area contributed by atoms with Gasteiger partial charge in [0.1, 0.15) is 0 Å². The van der Waals surface area contributed by atoms with Crippen LogP contribution in [0.1, 0.15) is 36.0 Å². The monoisotopic (exact) mass is 320 g/mol. The molecule has 23 heavy (non-hydrogen) atoms. The van der Waals surface area contributed by atoms with E-state index in [9.17, 15) is 0 Å². The number of allylic oxidation sites excluding steroid dienone is 2. The third-order valence-corrected chi connectivity index (χ3v) is 5.84. The van der Waals surface area contributed by atoms with E-state index in [2.05, 4.69) is 72.8 Å². The van der Waals surface area contributed by atoms with Gasteiger partial charge in [-0.25, -0.2) is 0 Å². The molecule has 0 bridgehead atoms. The molecular weight excluding hydrogens is 296 g/mol. The summed E-state index contributed by atoms with van der Waals surface area (Å²) in [7, 11) is 1.05. The fraction of sp³-hybridized carbons (Fsp3) is 0.238. The Morgan fingerprint density at radius 3 is 2.09 bits per heavy atom. The highest BCUT2D eigenvalue weighted by Crippen LogP contribution is 2.32. The molecule has 0 radical (unpaired) electrons. The number of benzene rings is 2. The van der Waals surface area contributed by atoms with Crippen molar-refractivity contribution in [1.29, 1.82) is 0 Å². The van der Waals surface area contributed by atoms with E-state index in [0.717, 1.165) is 16.8 Å². The summed E-state index contributed by atoms with van der Waals surface area (Å²) in [5.41, 5.74) is 3.80. The van der Waals surface area contributed by atoms with E-state index >= 15 is 0 Å². The molecule has 1 unspecified atom stereocenters. The summed E-state index contributed by atoms with van der Waals surface area (Å²) in [5.74, 6) is 0. The molecule has 1 aliphatic rings. The zero-order valence-electron chi connectivity index (χ0n) is 13.7. The Labute approximate surface area is 142 Å². The minimum atomic E-state index is 0.0354. The van der Waals surface area contributed by atoms with Crippen molar-refractivity contribution in [3.63, 3.8) is 0 Å². The van der Waals surface area contributed by atoms with Gasteiger partial charge in [-0.1, -0.05) is 78.9 Å². The van der Waals surface area contributed by atoms with Crippen molar-refractivity contribution in [3.8, 4) is 0 Å². The smallest absolute Gasteiger partial charge is 0.0723 e. The Morgan fingerprint density at radius 1 is 0.826 bits per heavy atom. The first-order valence-electron chi connectivity index (χ1n) is 8.41. The lowest BCUT2D eigenvalue weighted by Crippen LogP contribution is -2.33. The first-order valence-corrected chi connectivity index (χ1v) is 9.41. The summed E-state index contributed by atoms with van der Waals surface area (Å²) >= 11 is 0. The fourth-order valence-electron chi connectivity index (χ4n) is 3.01. The van der Waals surface area contributed by atoms with Gasteiger partial charge in [-0.15, -0.1) is 0 Å². The quantitative estimate of drug-likeness (QED) is 0.608. The third kappa shape index (κ3) is 4.31. The second kappa shape index (κ2) is 7.58. The second-order valence-electron chi connectivity index (χ2n) is 6.29. The highest BCUT2D eigenvalue weighted by molar-refractivity contribution is 6.14. The van der Waals surface area contributed by atoms with Gasteiger partial charge in [0, 0.05) is 16.8 Å². The molecule has 1 atom stereocenters. The van der Waals surface area contributed by atoms with Crippen LogP contribution >= 0.6 is 0 Å². The molecule has 2 heteroatoms. The minimum Gasteiger partial charge on any atom is -0.375 e. The van der Waals surface area contributed by atoms with Gasteiger partial charge in [-0.05, 0) is 36.0 Å².